The Morgan fingerprint density at radius 2 is 1.06 bits per heavy atom. The second kappa shape index (κ2) is 12.8. The van der Waals surface area contributed by atoms with Crippen molar-refractivity contribution in [3.8, 4) is 23.0 Å². The van der Waals surface area contributed by atoms with E-state index in [9.17, 15) is 9.59 Å². The van der Waals surface area contributed by atoms with Gasteiger partial charge in [0.15, 0.2) is 0 Å². The van der Waals surface area contributed by atoms with Gasteiger partial charge >= 0.3 is 0 Å². The van der Waals surface area contributed by atoms with Crippen LogP contribution in [-0.2, 0) is 9.59 Å². The summed E-state index contributed by atoms with van der Waals surface area (Å²) in [7, 11) is 6.21. The molecule has 2 amide bonds. The maximum Gasteiger partial charge on any atom is 0.240 e. The van der Waals surface area contributed by atoms with Crippen LogP contribution in [-0.4, -0.2) is 51.7 Å². The van der Waals surface area contributed by atoms with Crippen molar-refractivity contribution in [1.82, 2.24) is 10.9 Å². The van der Waals surface area contributed by atoms with Crippen molar-refractivity contribution in [3.05, 3.63) is 47.5 Å². The summed E-state index contributed by atoms with van der Waals surface area (Å²) in [5.41, 5.74) is 7.41. The molecule has 10 nitrogen and oxygen atoms in total. The van der Waals surface area contributed by atoms with Gasteiger partial charge < -0.3 is 18.9 Å². The molecule has 2 N–H and O–H groups in total. The fraction of sp³-hybridized carbons (Fsp3) is 0.333. The standard InChI is InChI=1S/C24H30N4O6/c1-15(19-9-7-17(31-3)13-21(19)33-5)25-27-23(29)11-12-24(30)28-26-16(2)20-10-8-18(32-4)14-22(20)34-6/h7-10,13-14H,11-12H2,1-6H3,(H,27,29)(H,28,30)/b25-15-,26-16+. The third-order valence-corrected chi connectivity index (χ3v) is 4.87. The zero-order valence-corrected chi connectivity index (χ0v) is 20.2. The molecule has 2 aromatic carbocycles. The molecule has 10 heteroatoms. The summed E-state index contributed by atoms with van der Waals surface area (Å²) >= 11 is 0. The predicted octanol–water partition coefficient (Wildman–Crippen LogP) is 2.88. The molecular weight excluding hydrogens is 440 g/mol. The van der Waals surface area contributed by atoms with Crippen molar-refractivity contribution in [2.75, 3.05) is 28.4 Å². The van der Waals surface area contributed by atoms with Gasteiger partial charge in [-0.05, 0) is 38.1 Å². The van der Waals surface area contributed by atoms with Crippen LogP contribution < -0.4 is 29.8 Å². The van der Waals surface area contributed by atoms with Gasteiger partial charge in [0, 0.05) is 36.1 Å². The first-order valence-electron chi connectivity index (χ1n) is 10.4. The lowest BCUT2D eigenvalue weighted by molar-refractivity contribution is -0.126. The Labute approximate surface area is 198 Å². The predicted molar refractivity (Wildman–Crippen MR) is 129 cm³/mol. The molecule has 0 atom stereocenters. The van der Waals surface area contributed by atoms with Crippen LogP contribution in [0.1, 0.15) is 37.8 Å². The summed E-state index contributed by atoms with van der Waals surface area (Å²) in [6.07, 6.45) is -0.106. The highest BCUT2D eigenvalue weighted by Crippen LogP contribution is 2.26. The summed E-state index contributed by atoms with van der Waals surface area (Å²) in [5.74, 6) is 1.62. The van der Waals surface area contributed by atoms with E-state index in [4.69, 9.17) is 18.9 Å². The molecule has 182 valence electrons. The highest BCUT2D eigenvalue weighted by molar-refractivity contribution is 6.02. The van der Waals surface area contributed by atoms with E-state index in [1.165, 1.54) is 14.2 Å². The summed E-state index contributed by atoms with van der Waals surface area (Å²) in [6, 6.07) is 10.6. The Balaban J connectivity index is 1.90. The van der Waals surface area contributed by atoms with Gasteiger partial charge in [0.2, 0.25) is 11.8 Å². The lowest BCUT2D eigenvalue weighted by atomic mass is 10.1. The molecule has 34 heavy (non-hydrogen) atoms. The lowest BCUT2D eigenvalue weighted by Crippen LogP contribution is -2.24. The fourth-order valence-corrected chi connectivity index (χ4v) is 2.95. The van der Waals surface area contributed by atoms with Gasteiger partial charge in [-0.25, -0.2) is 10.9 Å². The van der Waals surface area contributed by atoms with Crippen LogP contribution in [0.4, 0.5) is 0 Å². The Bertz CT molecular complexity index is 996. The molecule has 0 saturated heterocycles. The Hall–Kier alpha value is -4.08. The van der Waals surface area contributed by atoms with Gasteiger partial charge in [-0.3, -0.25) is 9.59 Å². The van der Waals surface area contributed by atoms with Crippen LogP contribution in [0, 0.1) is 0 Å². The van der Waals surface area contributed by atoms with Crippen molar-refractivity contribution in [2.45, 2.75) is 26.7 Å². The van der Waals surface area contributed by atoms with Crippen molar-refractivity contribution < 1.29 is 28.5 Å². The van der Waals surface area contributed by atoms with E-state index in [0.29, 0.717) is 45.5 Å². The molecule has 0 aliphatic carbocycles. The van der Waals surface area contributed by atoms with Crippen LogP contribution >= 0.6 is 0 Å². The second-order valence-corrected chi connectivity index (χ2v) is 7.10. The summed E-state index contributed by atoms with van der Waals surface area (Å²) in [6.45, 7) is 3.48. The molecule has 0 saturated carbocycles. The summed E-state index contributed by atoms with van der Waals surface area (Å²) < 4.78 is 21.0. The lowest BCUT2D eigenvalue weighted by Gasteiger charge is -2.10. The molecule has 0 spiro atoms. The monoisotopic (exact) mass is 470 g/mol. The normalized spacial score (nSPS) is 11.5. The van der Waals surface area contributed by atoms with E-state index in [1.54, 1.807) is 64.5 Å². The van der Waals surface area contributed by atoms with Gasteiger partial charge in [0.05, 0.1) is 39.9 Å². The minimum absolute atomic E-state index is 0.0528. The van der Waals surface area contributed by atoms with E-state index < -0.39 is 11.8 Å². The minimum atomic E-state index is -0.403. The Morgan fingerprint density at radius 3 is 1.38 bits per heavy atom. The maximum absolute atomic E-state index is 12.1. The zero-order valence-electron chi connectivity index (χ0n) is 20.2. The van der Waals surface area contributed by atoms with Crippen molar-refractivity contribution >= 4 is 23.2 Å². The van der Waals surface area contributed by atoms with Crippen LogP contribution in [0.15, 0.2) is 46.6 Å². The second-order valence-electron chi connectivity index (χ2n) is 7.10. The van der Waals surface area contributed by atoms with Crippen molar-refractivity contribution in [1.29, 1.82) is 0 Å². The van der Waals surface area contributed by atoms with Crippen molar-refractivity contribution in [2.24, 2.45) is 10.2 Å². The molecule has 0 bridgehead atoms. The van der Waals surface area contributed by atoms with E-state index in [0.717, 1.165) is 0 Å². The number of hydrazone groups is 2. The number of ether oxygens (including phenoxy) is 4. The largest absolute Gasteiger partial charge is 0.497 e. The molecule has 0 fully saturated rings. The molecule has 0 heterocycles. The van der Waals surface area contributed by atoms with Gasteiger partial charge in [-0.1, -0.05) is 0 Å². The third kappa shape index (κ3) is 7.22. The molecule has 0 radical (unpaired) electrons. The minimum Gasteiger partial charge on any atom is -0.497 e. The SMILES string of the molecule is COc1ccc(/C(C)=N\NC(=O)CCC(=O)N/N=C(\C)c2ccc(OC)cc2OC)c(OC)c1. The summed E-state index contributed by atoms with van der Waals surface area (Å²) in [5, 5.41) is 8.19. The first-order valence-corrected chi connectivity index (χ1v) is 10.4. The van der Waals surface area contributed by atoms with Crippen LogP contribution in [0.2, 0.25) is 0 Å². The molecular formula is C24H30N4O6. The number of nitrogens with zero attached hydrogens (tertiary/aromatic N) is 2. The van der Waals surface area contributed by atoms with Crippen LogP contribution in [0.3, 0.4) is 0 Å². The molecule has 2 rings (SSSR count). The number of carbonyl (C=O) groups excluding carboxylic acids is 2. The zero-order chi connectivity index (χ0) is 25.1. The first kappa shape index (κ1) is 26.2. The third-order valence-electron chi connectivity index (χ3n) is 4.87. The molecule has 0 aromatic heterocycles. The number of methoxy groups -OCH3 is 4. The quantitative estimate of drug-likeness (QED) is 0.385. The maximum atomic E-state index is 12.1. The number of carbonyl (C=O) groups is 2. The average Bonchev–Trinajstić information content (AvgIpc) is 2.87. The number of benzene rings is 2. The fourth-order valence-electron chi connectivity index (χ4n) is 2.95. The molecule has 0 unspecified atom stereocenters. The Kier molecular flexibility index (Phi) is 9.88. The topological polar surface area (TPSA) is 120 Å². The van der Waals surface area contributed by atoms with E-state index in [2.05, 4.69) is 21.1 Å². The van der Waals surface area contributed by atoms with Gasteiger partial charge in [0.1, 0.15) is 23.0 Å². The van der Waals surface area contributed by atoms with Gasteiger partial charge in [-0.2, -0.15) is 10.2 Å². The number of hydrogen-bond acceptors (Lipinski definition) is 8. The number of nitrogens with one attached hydrogen (secondary N) is 2. The number of amides is 2. The molecule has 0 aliphatic heterocycles. The van der Waals surface area contributed by atoms with E-state index in [1.807, 2.05) is 0 Å². The van der Waals surface area contributed by atoms with E-state index in [-0.39, 0.29) is 12.8 Å². The van der Waals surface area contributed by atoms with Crippen LogP contribution in [0.25, 0.3) is 0 Å². The summed E-state index contributed by atoms with van der Waals surface area (Å²) in [4.78, 5) is 24.3. The van der Waals surface area contributed by atoms with Gasteiger partial charge in [-0.15, -0.1) is 0 Å². The molecule has 0 aliphatic rings. The van der Waals surface area contributed by atoms with E-state index >= 15 is 0 Å². The van der Waals surface area contributed by atoms with Gasteiger partial charge in [0.25, 0.3) is 0 Å². The average molecular weight is 471 g/mol. The van der Waals surface area contributed by atoms with Crippen molar-refractivity contribution in [3.63, 3.8) is 0 Å². The number of rotatable bonds is 11. The smallest absolute Gasteiger partial charge is 0.240 e. The highest BCUT2D eigenvalue weighted by atomic mass is 16.5. The Morgan fingerprint density at radius 1 is 0.676 bits per heavy atom. The van der Waals surface area contributed by atoms with Crippen LogP contribution in [0.5, 0.6) is 23.0 Å². The number of hydrogen-bond donors (Lipinski definition) is 2. The first-order chi connectivity index (χ1) is 16.3. The highest BCUT2D eigenvalue weighted by Gasteiger charge is 2.11. The molecule has 2 aromatic rings.